The Labute approximate surface area is 97.6 Å². The highest BCUT2D eigenvalue weighted by atomic mass is 16.5. The largest absolute Gasteiger partial charge is 0.480 e. The van der Waals surface area contributed by atoms with Crippen molar-refractivity contribution in [1.29, 1.82) is 0 Å². The van der Waals surface area contributed by atoms with E-state index < -0.39 is 12.1 Å². The Morgan fingerprint density at radius 2 is 2.35 bits per heavy atom. The molecule has 0 radical (unpaired) electrons. The molecule has 2 rings (SSSR count). The van der Waals surface area contributed by atoms with Gasteiger partial charge in [0.2, 0.25) is 0 Å². The van der Waals surface area contributed by atoms with Crippen molar-refractivity contribution in [2.75, 3.05) is 17.2 Å². The molecule has 0 bridgehead atoms. The van der Waals surface area contributed by atoms with Crippen molar-refractivity contribution >= 4 is 23.3 Å². The van der Waals surface area contributed by atoms with Crippen molar-refractivity contribution in [3.63, 3.8) is 0 Å². The lowest BCUT2D eigenvalue weighted by Gasteiger charge is -2.23. The summed E-state index contributed by atoms with van der Waals surface area (Å²) in [5, 5.41) is 13.9. The van der Waals surface area contributed by atoms with Crippen molar-refractivity contribution in [2.24, 2.45) is 0 Å². The molecule has 1 unspecified atom stereocenters. The second-order valence-electron chi connectivity index (χ2n) is 3.71. The summed E-state index contributed by atoms with van der Waals surface area (Å²) in [6.07, 6.45) is -0.514. The van der Waals surface area contributed by atoms with Crippen LogP contribution in [0.4, 0.5) is 11.4 Å². The van der Waals surface area contributed by atoms with Crippen molar-refractivity contribution in [3.8, 4) is 5.75 Å². The second kappa shape index (κ2) is 4.32. The van der Waals surface area contributed by atoms with Crippen molar-refractivity contribution in [3.05, 3.63) is 18.2 Å². The number of benzene rings is 1. The number of aliphatic carboxylic acids is 1. The Bertz CT molecular complexity index is 473. The smallest absolute Gasteiger partial charge is 0.322 e. The number of anilines is 2. The van der Waals surface area contributed by atoms with Gasteiger partial charge < -0.3 is 20.5 Å². The fourth-order valence-electron chi connectivity index (χ4n) is 1.50. The second-order valence-corrected chi connectivity index (χ2v) is 3.71. The normalized spacial score (nSPS) is 17.7. The van der Waals surface area contributed by atoms with E-state index in [0.29, 0.717) is 17.1 Å². The molecule has 1 aromatic carbocycles. The number of ether oxygens (including phenoxy) is 1. The van der Waals surface area contributed by atoms with Crippen LogP contribution >= 0.6 is 0 Å². The van der Waals surface area contributed by atoms with Crippen LogP contribution in [0, 0.1) is 0 Å². The maximum Gasteiger partial charge on any atom is 0.322 e. The molecule has 6 heteroatoms. The number of hydrogen-bond acceptors (Lipinski definition) is 4. The van der Waals surface area contributed by atoms with E-state index >= 15 is 0 Å². The Hall–Kier alpha value is -2.24. The first-order valence-electron chi connectivity index (χ1n) is 5.13. The monoisotopic (exact) mass is 236 g/mol. The van der Waals surface area contributed by atoms with Crippen molar-refractivity contribution in [1.82, 2.24) is 0 Å². The van der Waals surface area contributed by atoms with Crippen LogP contribution in [-0.2, 0) is 9.59 Å². The average Bonchev–Trinajstić information content (AvgIpc) is 2.28. The van der Waals surface area contributed by atoms with Crippen LogP contribution in [0.15, 0.2) is 18.2 Å². The van der Waals surface area contributed by atoms with E-state index in [2.05, 4.69) is 10.6 Å². The number of hydrogen-bond donors (Lipinski definition) is 3. The Balaban J connectivity index is 2.17. The fraction of sp³-hybridized carbons (Fsp3) is 0.273. The molecule has 1 amide bonds. The summed E-state index contributed by atoms with van der Waals surface area (Å²) < 4.78 is 5.37. The maximum atomic E-state index is 11.4. The quantitative estimate of drug-likeness (QED) is 0.725. The highest BCUT2D eigenvalue weighted by Gasteiger charge is 2.23. The molecule has 90 valence electrons. The van der Waals surface area contributed by atoms with E-state index in [1.807, 2.05) is 0 Å². The number of carbonyl (C=O) groups is 2. The molecule has 1 aromatic rings. The van der Waals surface area contributed by atoms with Crippen molar-refractivity contribution < 1.29 is 19.4 Å². The summed E-state index contributed by atoms with van der Waals surface area (Å²) in [6, 6.07) is 5.03. The zero-order valence-corrected chi connectivity index (χ0v) is 9.19. The molecule has 1 atom stereocenters. The molecule has 1 aliphatic heterocycles. The van der Waals surface area contributed by atoms with Gasteiger partial charge >= 0.3 is 5.97 Å². The summed E-state index contributed by atoms with van der Waals surface area (Å²) >= 11 is 0. The molecule has 0 saturated carbocycles. The molecule has 0 spiro atoms. The number of carbonyl (C=O) groups excluding carboxylic acids is 1. The molecule has 0 saturated heterocycles. The van der Waals surface area contributed by atoms with Crippen LogP contribution in [0.5, 0.6) is 5.75 Å². The van der Waals surface area contributed by atoms with Crippen molar-refractivity contribution in [2.45, 2.75) is 13.0 Å². The lowest BCUT2D eigenvalue weighted by atomic mass is 10.2. The molecule has 0 aromatic heterocycles. The predicted molar refractivity (Wildman–Crippen MR) is 61.3 cm³/mol. The highest BCUT2D eigenvalue weighted by Crippen LogP contribution is 2.31. The van der Waals surface area contributed by atoms with Gasteiger partial charge in [-0.2, -0.15) is 0 Å². The molecule has 1 heterocycles. The number of amides is 1. The van der Waals surface area contributed by atoms with E-state index in [1.165, 1.54) is 0 Å². The standard InChI is InChI=1S/C11H12N2O4/c1-6-11(16)13-8-4-7(12-5-10(14)15)2-3-9(8)17-6/h2-4,6,12H,5H2,1H3,(H,13,16)(H,14,15). The molecule has 6 nitrogen and oxygen atoms in total. The van der Waals surface area contributed by atoms with E-state index in [4.69, 9.17) is 9.84 Å². The van der Waals surface area contributed by atoms with Gasteiger partial charge in [-0.25, -0.2) is 0 Å². The molecular weight excluding hydrogens is 224 g/mol. The third-order valence-electron chi connectivity index (χ3n) is 2.35. The summed E-state index contributed by atoms with van der Waals surface area (Å²) in [4.78, 5) is 21.8. The maximum absolute atomic E-state index is 11.4. The van der Waals surface area contributed by atoms with E-state index in [-0.39, 0.29) is 12.5 Å². The Morgan fingerprint density at radius 3 is 3.06 bits per heavy atom. The minimum atomic E-state index is -0.948. The average molecular weight is 236 g/mol. The third kappa shape index (κ3) is 2.47. The SMILES string of the molecule is CC1Oc2ccc(NCC(=O)O)cc2NC1=O. The fourth-order valence-corrected chi connectivity index (χ4v) is 1.50. The van der Waals surface area contributed by atoms with E-state index in [0.717, 1.165) is 0 Å². The van der Waals surface area contributed by atoms with Crippen LogP contribution < -0.4 is 15.4 Å². The predicted octanol–water partition coefficient (Wildman–Crippen LogP) is 0.902. The van der Waals surface area contributed by atoms with Gasteiger partial charge in [0.1, 0.15) is 12.3 Å². The van der Waals surface area contributed by atoms with E-state index in [1.54, 1.807) is 25.1 Å². The first kappa shape index (κ1) is 11.3. The number of fused-ring (bicyclic) bond motifs is 1. The van der Waals surface area contributed by atoms with Crippen LogP contribution in [0.3, 0.4) is 0 Å². The third-order valence-corrected chi connectivity index (χ3v) is 2.35. The first-order valence-corrected chi connectivity index (χ1v) is 5.13. The van der Waals surface area contributed by atoms with Crippen LogP contribution in [0.2, 0.25) is 0 Å². The van der Waals surface area contributed by atoms with E-state index in [9.17, 15) is 9.59 Å². The molecule has 0 fully saturated rings. The minimum absolute atomic E-state index is 0.177. The number of nitrogens with one attached hydrogen (secondary N) is 2. The molecule has 1 aliphatic rings. The zero-order valence-electron chi connectivity index (χ0n) is 9.19. The van der Waals surface area contributed by atoms with Gasteiger partial charge in [0.25, 0.3) is 5.91 Å². The van der Waals surface area contributed by atoms with Crippen LogP contribution in [0.1, 0.15) is 6.92 Å². The highest BCUT2D eigenvalue weighted by molar-refractivity contribution is 5.98. The molecule has 17 heavy (non-hydrogen) atoms. The van der Waals surface area contributed by atoms with Crippen LogP contribution in [0.25, 0.3) is 0 Å². The molecule has 0 aliphatic carbocycles. The summed E-state index contributed by atoms with van der Waals surface area (Å²) in [6.45, 7) is 1.48. The van der Waals surface area contributed by atoms with Gasteiger partial charge in [0, 0.05) is 5.69 Å². The molecular formula is C11H12N2O4. The lowest BCUT2D eigenvalue weighted by Crippen LogP contribution is -2.34. The zero-order chi connectivity index (χ0) is 12.4. The van der Waals surface area contributed by atoms with Crippen LogP contribution in [-0.4, -0.2) is 29.6 Å². The number of rotatable bonds is 3. The number of carboxylic acid groups (broad SMARTS) is 1. The minimum Gasteiger partial charge on any atom is -0.480 e. The van der Waals surface area contributed by atoms with Gasteiger partial charge in [-0.1, -0.05) is 0 Å². The topological polar surface area (TPSA) is 87.7 Å². The lowest BCUT2D eigenvalue weighted by molar-refractivity contribution is -0.135. The summed E-state index contributed by atoms with van der Waals surface area (Å²) in [5.74, 6) is -0.581. The van der Waals surface area contributed by atoms with Gasteiger partial charge in [-0.05, 0) is 25.1 Å². The molecule has 3 N–H and O–H groups in total. The Morgan fingerprint density at radius 1 is 1.59 bits per heavy atom. The van der Waals surface area contributed by atoms with Gasteiger partial charge in [-0.3, -0.25) is 9.59 Å². The number of carboxylic acids is 1. The summed E-state index contributed by atoms with van der Waals surface area (Å²) in [5.41, 5.74) is 1.16. The van der Waals surface area contributed by atoms with Gasteiger partial charge in [0.05, 0.1) is 5.69 Å². The Kier molecular flexibility index (Phi) is 2.86. The van der Waals surface area contributed by atoms with Gasteiger partial charge in [-0.15, -0.1) is 0 Å². The van der Waals surface area contributed by atoms with Gasteiger partial charge in [0.15, 0.2) is 6.10 Å². The first-order chi connectivity index (χ1) is 8.06. The summed E-state index contributed by atoms with van der Waals surface area (Å²) in [7, 11) is 0.